The summed E-state index contributed by atoms with van der Waals surface area (Å²) in [6.07, 6.45) is 3.13. The fraction of sp³-hybridized carbons (Fsp3) is 0.875. The number of hydrogen-bond donors (Lipinski definition) is 3. The molecular formula is C8H17N3O2. The Kier molecular flexibility index (Phi) is 3.98. The molecule has 1 fully saturated rings. The molecule has 76 valence electrons. The third-order valence-corrected chi connectivity index (χ3v) is 2.37. The van der Waals surface area contributed by atoms with Gasteiger partial charge in [-0.05, 0) is 12.8 Å². The zero-order valence-electron chi connectivity index (χ0n) is 7.86. The molecule has 1 aliphatic carbocycles. The number of hydrogen-bond acceptors (Lipinski definition) is 4. The molecule has 5 heteroatoms. The Hall–Kier alpha value is -0.810. The van der Waals surface area contributed by atoms with Crippen molar-refractivity contribution in [3.8, 4) is 0 Å². The predicted molar refractivity (Wildman–Crippen MR) is 49.8 cm³/mol. The van der Waals surface area contributed by atoms with Crippen molar-refractivity contribution in [2.24, 2.45) is 10.9 Å². The minimum Gasteiger partial charge on any atom is -0.409 e. The SMILES string of the molecule is COC1CC(NCCC(N)=NO)C1. The van der Waals surface area contributed by atoms with Crippen LogP contribution in [0.15, 0.2) is 5.16 Å². The molecule has 0 atom stereocenters. The highest BCUT2D eigenvalue weighted by atomic mass is 16.5. The van der Waals surface area contributed by atoms with E-state index in [2.05, 4.69) is 10.5 Å². The fourth-order valence-corrected chi connectivity index (χ4v) is 1.38. The minimum absolute atomic E-state index is 0.273. The molecule has 0 radical (unpaired) electrons. The lowest BCUT2D eigenvalue weighted by Gasteiger charge is -2.34. The summed E-state index contributed by atoms with van der Waals surface area (Å²) < 4.78 is 5.14. The maximum absolute atomic E-state index is 8.27. The van der Waals surface area contributed by atoms with Crippen LogP contribution in [0.4, 0.5) is 0 Å². The zero-order chi connectivity index (χ0) is 9.68. The number of methoxy groups -OCH3 is 1. The van der Waals surface area contributed by atoms with E-state index in [1.807, 2.05) is 0 Å². The summed E-state index contributed by atoms with van der Waals surface area (Å²) in [5.74, 6) is 0.273. The summed E-state index contributed by atoms with van der Waals surface area (Å²) in [6.45, 7) is 0.761. The minimum atomic E-state index is 0.273. The molecule has 13 heavy (non-hydrogen) atoms. The third kappa shape index (κ3) is 3.20. The van der Waals surface area contributed by atoms with Gasteiger partial charge in [0.25, 0.3) is 0 Å². The highest BCUT2D eigenvalue weighted by Crippen LogP contribution is 2.22. The third-order valence-electron chi connectivity index (χ3n) is 2.37. The number of rotatable bonds is 5. The monoisotopic (exact) mass is 187 g/mol. The summed E-state index contributed by atoms with van der Waals surface area (Å²) in [7, 11) is 1.73. The van der Waals surface area contributed by atoms with E-state index >= 15 is 0 Å². The highest BCUT2D eigenvalue weighted by Gasteiger charge is 2.27. The van der Waals surface area contributed by atoms with Crippen LogP contribution in [0.3, 0.4) is 0 Å². The maximum atomic E-state index is 8.27. The van der Waals surface area contributed by atoms with Gasteiger partial charge in [0.2, 0.25) is 0 Å². The van der Waals surface area contributed by atoms with Crippen LogP contribution in [0.2, 0.25) is 0 Å². The quantitative estimate of drug-likeness (QED) is 0.243. The van der Waals surface area contributed by atoms with Gasteiger partial charge < -0.3 is 21.0 Å². The molecule has 0 saturated heterocycles. The van der Waals surface area contributed by atoms with Gasteiger partial charge in [-0.15, -0.1) is 0 Å². The number of nitrogens with two attached hydrogens (primary N) is 1. The van der Waals surface area contributed by atoms with Crippen molar-refractivity contribution >= 4 is 5.84 Å². The Morgan fingerprint density at radius 3 is 2.92 bits per heavy atom. The van der Waals surface area contributed by atoms with Crippen LogP contribution < -0.4 is 11.1 Å². The van der Waals surface area contributed by atoms with E-state index in [1.54, 1.807) is 7.11 Å². The van der Waals surface area contributed by atoms with Gasteiger partial charge >= 0.3 is 0 Å². The molecule has 1 aliphatic rings. The lowest BCUT2D eigenvalue weighted by atomic mass is 9.89. The van der Waals surface area contributed by atoms with E-state index < -0.39 is 0 Å². The second kappa shape index (κ2) is 5.04. The first-order chi connectivity index (χ1) is 6.26. The standard InChI is InChI=1S/C8H17N3O2/c1-13-7-4-6(5-7)10-3-2-8(9)11-12/h6-7,10,12H,2-5H2,1H3,(H2,9,11). The van der Waals surface area contributed by atoms with E-state index in [-0.39, 0.29) is 5.84 Å². The molecular weight excluding hydrogens is 170 g/mol. The van der Waals surface area contributed by atoms with Gasteiger partial charge in [-0.3, -0.25) is 0 Å². The summed E-state index contributed by atoms with van der Waals surface area (Å²) in [5, 5.41) is 14.5. The average molecular weight is 187 g/mol. The maximum Gasteiger partial charge on any atom is 0.140 e. The van der Waals surface area contributed by atoms with Gasteiger partial charge in [0, 0.05) is 26.1 Å². The van der Waals surface area contributed by atoms with Crippen molar-refractivity contribution < 1.29 is 9.94 Å². The van der Waals surface area contributed by atoms with E-state index in [9.17, 15) is 0 Å². The van der Waals surface area contributed by atoms with Gasteiger partial charge in [0.1, 0.15) is 5.84 Å². The van der Waals surface area contributed by atoms with Gasteiger partial charge in [0.05, 0.1) is 6.10 Å². The van der Waals surface area contributed by atoms with E-state index in [4.69, 9.17) is 15.7 Å². The van der Waals surface area contributed by atoms with E-state index in [0.29, 0.717) is 18.6 Å². The second-order valence-electron chi connectivity index (χ2n) is 3.32. The first-order valence-corrected chi connectivity index (χ1v) is 4.49. The largest absolute Gasteiger partial charge is 0.409 e. The number of nitrogens with zero attached hydrogens (tertiary/aromatic N) is 1. The second-order valence-corrected chi connectivity index (χ2v) is 3.32. The first kappa shape index (κ1) is 10.3. The molecule has 0 unspecified atom stereocenters. The van der Waals surface area contributed by atoms with Crippen LogP contribution >= 0.6 is 0 Å². The zero-order valence-corrected chi connectivity index (χ0v) is 7.86. The van der Waals surface area contributed by atoms with Crippen LogP contribution in [-0.4, -0.2) is 36.8 Å². The van der Waals surface area contributed by atoms with Crippen LogP contribution in [-0.2, 0) is 4.74 Å². The normalized spacial score (nSPS) is 28.5. The Morgan fingerprint density at radius 2 is 2.38 bits per heavy atom. The van der Waals surface area contributed by atoms with Gasteiger partial charge in [-0.25, -0.2) is 0 Å². The van der Waals surface area contributed by atoms with Crippen LogP contribution in [0.5, 0.6) is 0 Å². The van der Waals surface area contributed by atoms with Crippen molar-refractivity contribution in [3.63, 3.8) is 0 Å². The van der Waals surface area contributed by atoms with Crippen LogP contribution in [0, 0.1) is 0 Å². The van der Waals surface area contributed by atoms with Gasteiger partial charge in [-0.2, -0.15) is 0 Å². The smallest absolute Gasteiger partial charge is 0.140 e. The lowest BCUT2D eigenvalue weighted by molar-refractivity contribution is 0.0178. The molecule has 0 aromatic heterocycles. The highest BCUT2D eigenvalue weighted by molar-refractivity contribution is 5.79. The molecule has 0 aromatic rings. The van der Waals surface area contributed by atoms with Gasteiger partial charge in [-0.1, -0.05) is 5.16 Å². The molecule has 5 nitrogen and oxygen atoms in total. The van der Waals surface area contributed by atoms with Crippen LogP contribution in [0.25, 0.3) is 0 Å². The van der Waals surface area contributed by atoms with Crippen molar-refractivity contribution in [1.29, 1.82) is 0 Å². The number of oxime groups is 1. The van der Waals surface area contributed by atoms with E-state index in [1.165, 1.54) is 0 Å². The van der Waals surface area contributed by atoms with Crippen molar-refractivity contribution in [1.82, 2.24) is 5.32 Å². The molecule has 4 N–H and O–H groups in total. The number of ether oxygens (including phenoxy) is 1. The Labute approximate surface area is 77.9 Å². The Morgan fingerprint density at radius 1 is 1.69 bits per heavy atom. The predicted octanol–water partition coefficient (Wildman–Crippen LogP) is -0.110. The summed E-state index contributed by atoms with van der Waals surface area (Å²) in [5.41, 5.74) is 5.31. The molecule has 1 rings (SSSR count). The summed E-state index contributed by atoms with van der Waals surface area (Å²) in [6, 6.07) is 0.538. The average Bonchev–Trinajstić information content (AvgIpc) is 2.08. The molecule has 0 aliphatic heterocycles. The number of nitrogens with one attached hydrogen (secondary N) is 1. The first-order valence-electron chi connectivity index (χ1n) is 4.49. The Bertz CT molecular complexity index is 178. The number of amidine groups is 1. The van der Waals surface area contributed by atoms with Crippen molar-refractivity contribution in [2.75, 3.05) is 13.7 Å². The summed E-state index contributed by atoms with van der Waals surface area (Å²) >= 11 is 0. The molecule has 0 heterocycles. The van der Waals surface area contributed by atoms with Crippen molar-refractivity contribution in [2.45, 2.75) is 31.4 Å². The summed E-state index contributed by atoms with van der Waals surface area (Å²) in [4.78, 5) is 0. The molecule has 0 amide bonds. The van der Waals surface area contributed by atoms with Crippen molar-refractivity contribution in [3.05, 3.63) is 0 Å². The lowest BCUT2D eigenvalue weighted by Crippen LogP contribution is -2.45. The molecule has 0 bridgehead atoms. The Balaban J connectivity index is 1.97. The molecule has 0 aromatic carbocycles. The fourth-order valence-electron chi connectivity index (χ4n) is 1.38. The van der Waals surface area contributed by atoms with Crippen LogP contribution in [0.1, 0.15) is 19.3 Å². The van der Waals surface area contributed by atoms with Gasteiger partial charge in [0.15, 0.2) is 0 Å². The van der Waals surface area contributed by atoms with E-state index in [0.717, 1.165) is 19.4 Å². The topological polar surface area (TPSA) is 79.9 Å². The molecule has 1 saturated carbocycles. The molecule has 0 spiro atoms.